The first-order valence-corrected chi connectivity index (χ1v) is 10.6. The molecule has 3 aromatic carbocycles. The van der Waals surface area contributed by atoms with Crippen molar-refractivity contribution in [1.29, 1.82) is 0 Å². The quantitative estimate of drug-likeness (QED) is 0.343. The molecular formula is C24H20N2O3S. The SMILES string of the molecule is COC(=O)c1ccc2c(c1)NC(=O)C2=C(Nc1ccc(SC)cc1)c1ccccc1. The van der Waals surface area contributed by atoms with E-state index in [1.54, 1.807) is 30.0 Å². The van der Waals surface area contributed by atoms with Gasteiger partial charge in [-0.25, -0.2) is 4.79 Å². The molecule has 0 bridgehead atoms. The lowest BCUT2D eigenvalue weighted by Crippen LogP contribution is -2.10. The second kappa shape index (κ2) is 8.47. The number of rotatable bonds is 5. The van der Waals surface area contributed by atoms with Crippen molar-refractivity contribution in [3.63, 3.8) is 0 Å². The molecule has 150 valence electrons. The number of thioether (sulfide) groups is 1. The van der Waals surface area contributed by atoms with Crippen molar-refractivity contribution in [3.8, 4) is 0 Å². The van der Waals surface area contributed by atoms with Crippen LogP contribution in [-0.4, -0.2) is 25.2 Å². The lowest BCUT2D eigenvalue weighted by molar-refractivity contribution is -0.110. The summed E-state index contributed by atoms with van der Waals surface area (Å²) >= 11 is 1.67. The van der Waals surface area contributed by atoms with Crippen molar-refractivity contribution >= 4 is 46.3 Å². The third-order valence-electron chi connectivity index (χ3n) is 4.86. The Morgan fingerprint density at radius 1 is 0.967 bits per heavy atom. The standard InChI is InChI=1S/C24H20N2O3S/c1-29-24(28)16-8-13-19-20(14-16)26-23(27)21(19)22(15-6-4-3-5-7-15)25-17-9-11-18(30-2)12-10-17/h3-14,25H,1-2H3,(H,26,27). The molecule has 1 amide bonds. The van der Waals surface area contributed by atoms with E-state index in [1.807, 2.05) is 60.9 Å². The summed E-state index contributed by atoms with van der Waals surface area (Å²) in [7, 11) is 1.33. The van der Waals surface area contributed by atoms with Crippen molar-refractivity contribution in [1.82, 2.24) is 0 Å². The number of carbonyl (C=O) groups is 2. The molecule has 1 aliphatic heterocycles. The molecule has 1 aliphatic rings. The molecule has 0 spiro atoms. The molecule has 0 radical (unpaired) electrons. The van der Waals surface area contributed by atoms with E-state index in [2.05, 4.69) is 10.6 Å². The summed E-state index contributed by atoms with van der Waals surface area (Å²) < 4.78 is 4.79. The summed E-state index contributed by atoms with van der Waals surface area (Å²) in [6.07, 6.45) is 2.03. The van der Waals surface area contributed by atoms with Gasteiger partial charge in [0.25, 0.3) is 5.91 Å². The molecule has 4 rings (SSSR count). The second-order valence-electron chi connectivity index (χ2n) is 6.68. The summed E-state index contributed by atoms with van der Waals surface area (Å²) in [6.45, 7) is 0. The van der Waals surface area contributed by atoms with Gasteiger partial charge in [-0.3, -0.25) is 4.79 Å². The number of fused-ring (bicyclic) bond motifs is 1. The lowest BCUT2D eigenvalue weighted by atomic mass is 9.99. The zero-order chi connectivity index (χ0) is 21.1. The smallest absolute Gasteiger partial charge is 0.337 e. The number of esters is 1. The van der Waals surface area contributed by atoms with E-state index < -0.39 is 5.97 Å². The van der Waals surface area contributed by atoms with Crippen LogP contribution < -0.4 is 10.6 Å². The van der Waals surface area contributed by atoms with Crippen molar-refractivity contribution < 1.29 is 14.3 Å². The van der Waals surface area contributed by atoms with Crippen LogP contribution in [0.15, 0.2) is 77.7 Å². The fourth-order valence-electron chi connectivity index (χ4n) is 3.37. The summed E-state index contributed by atoms with van der Waals surface area (Å²) in [5, 5.41) is 6.30. The number of methoxy groups -OCH3 is 1. The maximum atomic E-state index is 13.0. The second-order valence-corrected chi connectivity index (χ2v) is 7.56. The van der Waals surface area contributed by atoms with Gasteiger partial charge < -0.3 is 15.4 Å². The van der Waals surface area contributed by atoms with Crippen LogP contribution in [-0.2, 0) is 9.53 Å². The minimum Gasteiger partial charge on any atom is -0.465 e. The molecule has 0 fully saturated rings. The number of nitrogens with one attached hydrogen (secondary N) is 2. The van der Waals surface area contributed by atoms with E-state index in [0.29, 0.717) is 22.5 Å². The van der Waals surface area contributed by atoms with Gasteiger partial charge in [0, 0.05) is 16.1 Å². The third-order valence-corrected chi connectivity index (χ3v) is 5.60. The van der Waals surface area contributed by atoms with Gasteiger partial charge in [-0.15, -0.1) is 11.8 Å². The summed E-state index contributed by atoms with van der Waals surface area (Å²) in [4.78, 5) is 26.0. The molecule has 3 aromatic rings. The highest BCUT2D eigenvalue weighted by Gasteiger charge is 2.29. The molecular weight excluding hydrogens is 396 g/mol. The highest BCUT2D eigenvalue weighted by molar-refractivity contribution is 7.98. The zero-order valence-electron chi connectivity index (χ0n) is 16.6. The largest absolute Gasteiger partial charge is 0.465 e. The Hall–Kier alpha value is -3.51. The summed E-state index contributed by atoms with van der Waals surface area (Å²) in [5.41, 5.74) is 4.72. The van der Waals surface area contributed by atoms with Crippen molar-refractivity contribution in [2.75, 3.05) is 24.0 Å². The van der Waals surface area contributed by atoms with Crippen LogP contribution in [0.5, 0.6) is 0 Å². The van der Waals surface area contributed by atoms with E-state index >= 15 is 0 Å². The molecule has 0 saturated heterocycles. The topological polar surface area (TPSA) is 67.4 Å². The molecule has 0 atom stereocenters. The Kier molecular flexibility index (Phi) is 5.59. The highest BCUT2D eigenvalue weighted by atomic mass is 32.2. The predicted molar refractivity (Wildman–Crippen MR) is 122 cm³/mol. The first-order chi connectivity index (χ1) is 14.6. The van der Waals surface area contributed by atoms with Crippen LogP contribution in [0.1, 0.15) is 21.5 Å². The fraction of sp³-hybridized carbons (Fsp3) is 0.0833. The van der Waals surface area contributed by atoms with Crippen molar-refractivity contribution in [2.24, 2.45) is 0 Å². The van der Waals surface area contributed by atoms with E-state index in [0.717, 1.165) is 21.7 Å². The molecule has 30 heavy (non-hydrogen) atoms. The number of amides is 1. The zero-order valence-corrected chi connectivity index (χ0v) is 17.4. The van der Waals surface area contributed by atoms with Crippen molar-refractivity contribution in [2.45, 2.75) is 4.90 Å². The average molecular weight is 417 g/mol. The predicted octanol–water partition coefficient (Wildman–Crippen LogP) is 5.13. The molecule has 1 heterocycles. The first kappa shape index (κ1) is 19.8. The number of ether oxygens (including phenoxy) is 1. The van der Waals surface area contributed by atoms with Crippen molar-refractivity contribution in [3.05, 3.63) is 89.5 Å². The monoisotopic (exact) mass is 416 g/mol. The number of benzene rings is 3. The van der Waals surface area contributed by atoms with Crippen LogP contribution in [0.4, 0.5) is 11.4 Å². The van der Waals surface area contributed by atoms with Crippen LogP contribution in [0, 0.1) is 0 Å². The summed E-state index contributed by atoms with van der Waals surface area (Å²) in [6, 6.07) is 22.8. The number of anilines is 2. The highest BCUT2D eigenvalue weighted by Crippen LogP contribution is 2.38. The third kappa shape index (κ3) is 3.82. The van der Waals surface area contributed by atoms with Crippen LogP contribution >= 0.6 is 11.8 Å². The van der Waals surface area contributed by atoms with Gasteiger partial charge in [0.15, 0.2) is 0 Å². The lowest BCUT2D eigenvalue weighted by Gasteiger charge is -2.15. The molecule has 6 heteroatoms. The van der Waals surface area contributed by atoms with E-state index in [1.165, 1.54) is 7.11 Å². The normalized spacial score (nSPS) is 14.0. The molecule has 2 N–H and O–H groups in total. The average Bonchev–Trinajstić information content (AvgIpc) is 3.12. The van der Waals surface area contributed by atoms with Crippen LogP contribution in [0.3, 0.4) is 0 Å². The molecule has 0 aliphatic carbocycles. The Balaban J connectivity index is 1.84. The van der Waals surface area contributed by atoms with Crippen LogP contribution in [0.2, 0.25) is 0 Å². The van der Waals surface area contributed by atoms with Gasteiger partial charge in [0.1, 0.15) is 0 Å². The maximum Gasteiger partial charge on any atom is 0.337 e. The van der Waals surface area contributed by atoms with E-state index in [-0.39, 0.29) is 5.91 Å². The first-order valence-electron chi connectivity index (χ1n) is 9.35. The Morgan fingerprint density at radius 2 is 1.70 bits per heavy atom. The van der Waals surface area contributed by atoms with E-state index in [4.69, 9.17) is 4.74 Å². The number of carbonyl (C=O) groups excluding carboxylic acids is 2. The minimum atomic E-state index is -0.445. The van der Waals surface area contributed by atoms with Gasteiger partial charge >= 0.3 is 5.97 Å². The van der Waals surface area contributed by atoms with Gasteiger partial charge in [0.2, 0.25) is 0 Å². The van der Waals surface area contributed by atoms with Gasteiger partial charge in [-0.2, -0.15) is 0 Å². The summed E-state index contributed by atoms with van der Waals surface area (Å²) in [5.74, 6) is -0.668. The molecule has 0 saturated carbocycles. The Bertz CT molecular complexity index is 1140. The van der Waals surface area contributed by atoms with E-state index in [9.17, 15) is 9.59 Å². The van der Waals surface area contributed by atoms with Crippen LogP contribution in [0.25, 0.3) is 11.3 Å². The molecule has 5 nitrogen and oxygen atoms in total. The number of hydrogen-bond donors (Lipinski definition) is 2. The minimum absolute atomic E-state index is 0.223. The van der Waals surface area contributed by atoms with Gasteiger partial charge in [-0.05, 0) is 48.2 Å². The molecule has 0 unspecified atom stereocenters. The van der Waals surface area contributed by atoms with Gasteiger partial charge in [0.05, 0.1) is 29.6 Å². The maximum absolute atomic E-state index is 13.0. The Labute approximate surface area is 179 Å². The Morgan fingerprint density at radius 3 is 2.37 bits per heavy atom. The van der Waals surface area contributed by atoms with Gasteiger partial charge in [-0.1, -0.05) is 36.4 Å². The molecule has 0 aromatic heterocycles. The fourth-order valence-corrected chi connectivity index (χ4v) is 3.78. The number of hydrogen-bond acceptors (Lipinski definition) is 5.